The molecule has 1 aromatic heterocycles. The van der Waals surface area contributed by atoms with E-state index in [4.69, 9.17) is 9.47 Å². The lowest BCUT2D eigenvalue weighted by molar-refractivity contribution is 0.258. The lowest BCUT2D eigenvalue weighted by atomic mass is 10.1. The number of nitrogens with zero attached hydrogens (tertiary/aromatic N) is 2. The van der Waals surface area contributed by atoms with Gasteiger partial charge in [0.1, 0.15) is 0 Å². The molecule has 0 aliphatic rings. The van der Waals surface area contributed by atoms with Crippen LogP contribution in [-0.4, -0.2) is 32.3 Å². The van der Waals surface area contributed by atoms with E-state index in [1.54, 1.807) is 36.4 Å². The average Bonchev–Trinajstić information content (AvgIpc) is 2.73. The number of benzene rings is 2. The first-order valence-corrected chi connectivity index (χ1v) is 10.7. The van der Waals surface area contributed by atoms with Crippen LogP contribution in [0.3, 0.4) is 0 Å². The molecule has 9 heteroatoms. The molecule has 1 heterocycles. The molecule has 3 rings (SSSR count). The number of ether oxygens (including phenoxy) is 2. The molecule has 3 aromatic rings. The summed E-state index contributed by atoms with van der Waals surface area (Å²) in [5.41, 5.74) is 1.75. The molecule has 0 atom stereocenters. The Balaban J connectivity index is 1.72. The topological polar surface area (TPSA) is 90.4 Å². The van der Waals surface area contributed by atoms with Crippen molar-refractivity contribution in [3.05, 3.63) is 60.4 Å². The Labute approximate surface area is 174 Å². The maximum Gasteiger partial charge on any atom is 0.262 e. The van der Waals surface area contributed by atoms with Crippen LogP contribution >= 0.6 is 0 Å². The molecule has 2 aromatic carbocycles. The summed E-state index contributed by atoms with van der Waals surface area (Å²) in [6.45, 7) is 4.65. The van der Waals surface area contributed by atoms with Crippen LogP contribution in [0.4, 0.5) is 10.1 Å². The van der Waals surface area contributed by atoms with Crippen LogP contribution in [0.25, 0.3) is 11.3 Å². The molecule has 0 aliphatic carbocycles. The Morgan fingerprint density at radius 3 is 2.37 bits per heavy atom. The molecule has 0 bridgehead atoms. The lowest BCUT2D eigenvalue weighted by Gasteiger charge is -2.10. The summed E-state index contributed by atoms with van der Waals surface area (Å²) >= 11 is 0. The summed E-state index contributed by atoms with van der Waals surface area (Å²) in [6.07, 6.45) is 0. The van der Waals surface area contributed by atoms with Crippen molar-refractivity contribution in [2.45, 2.75) is 18.7 Å². The second kappa shape index (κ2) is 9.08. The van der Waals surface area contributed by atoms with Gasteiger partial charge in [0.05, 0.1) is 24.3 Å². The van der Waals surface area contributed by atoms with Crippen molar-refractivity contribution in [1.82, 2.24) is 10.2 Å². The Bertz CT molecular complexity index is 1100. The molecule has 1 N–H and O–H groups in total. The minimum atomic E-state index is -3.90. The zero-order chi connectivity index (χ0) is 21.7. The first-order chi connectivity index (χ1) is 14.3. The highest BCUT2D eigenvalue weighted by atomic mass is 32.2. The monoisotopic (exact) mass is 431 g/mol. The fraction of sp³-hybridized carbons (Fsp3) is 0.238. The number of hydrogen-bond donors (Lipinski definition) is 1. The highest BCUT2D eigenvalue weighted by Gasteiger charge is 2.17. The predicted molar refractivity (Wildman–Crippen MR) is 112 cm³/mol. The molecule has 0 spiro atoms. The van der Waals surface area contributed by atoms with Gasteiger partial charge in [0.2, 0.25) is 5.88 Å². The first kappa shape index (κ1) is 21.5. The van der Waals surface area contributed by atoms with E-state index in [9.17, 15) is 12.8 Å². The van der Waals surface area contributed by atoms with Gasteiger partial charge in [0, 0.05) is 23.4 Å². The third-order valence-corrected chi connectivity index (χ3v) is 5.45. The van der Waals surface area contributed by atoms with Crippen molar-refractivity contribution < 1.29 is 22.3 Å². The Kier molecular flexibility index (Phi) is 6.51. The smallest absolute Gasteiger partial charge is 0.262 e. The second-order valence-corrected chi connectivity index (χ2v) is 8.62. The van der Waals surface area contributed by atoms with Gasteiger partial charge in [-0.3, -0.25) is 4.72 Å². The maximum atomic E-state index is 13.5. The van der Waals surface area contributed by atoms with E-state index in [1.807, 2.05) is 13.8 Å². The van der Waals surface area contributed by atoms with E-state index in [0.717, 1.165) is 17.7 Å². The van der Waals surface area contributed by atoms with Crippen LogP contribution < -0.4 is 14.2 Å². The number of rotatable bonds is 8. The van der Waals surface area contributed by atoms with Crippen LogP contribution in [-0.2, 0) is 10.0 Å². The van der Waals surface area contributed by atoms with Gasteiger partial charge in [-0.15, -0.1) is 10.2 Å². The minimum absolute atomic E-state index is 0.104. The summed E-state index contributed by atoms with van der Waals surface area (Å²) in [7, 11) is -2.63. The van der Waals surface area contributed by atoms with Gasteiger partial charge in [-0.2, -0.15) is 0 Å². The van der Waals surface area contributed by atoms with Crippen molar-refractivity contribution in [2.24, 2.45) is 5.92 Å². The minimum Gasteiger partial charge on any atom is -0.494 e. The van der Waals surface area contributed by atoms with E-state index in [-0.39, 0.29) is 10.6 Å². The molecule has 0 radical (unpaired) electrons. The predicted octanol–water partition coefficient (Wildman–Crippen LogP) is 4.13. The molecule has 7 nitrogen and oxygen atoms in total. The lowest BCUT2D eigenvalue weighted by Crippen LogP contribution is -2.13. The van der Waals surface area contributed by atoms with Gasteiger partial charge in [-0.25, -0.2) is 12.8 Å². The van der Waals surface area contributed by atoms with Gasteiger partial charge in [0.25, 0.3) is 10.0 Å². The van der Waals surface area contributed by atoms with E-state index >= 15 is 0 Å². The molecule has 0 saturated heterocycles. The number of anilines is 1. The Morgan fingerprint density at radius 2 is 1.77 bits per heavy atom. The zero-order valence-electron chi connectivity index (χ0n) is 16.8. The average molecular weight is 431 g/mol. The number of hydrogen-bond acceptors (Lipinski definition) is 6. The number of aromatic nitrogens is 2. The largest absolute Gasteiger partial charge is 0.494 e. The summed E-state index contributed by atoms with van der Waals surface area (Å²) in [5.74, 6) is 0.0560. The number of nitrogens with one attached hydrogen (secondary N) is 1. The van der Waals surface area contributed by atoms with Crippen molar-refractivity contribution in [3.8, 4) is 22.9 Å². The van der Waals surface area contributed by atoms with Crippen molar-refractivity contribution >= 4 is 15.7 Å². The molecular weight excluding hydrogens is 409 g/mol. The van der Waals surface area contributed by atoms with Crippen molar-refractivity contribution in [3.63, 3.8) is 0 Å². The fourth-order valence-electron chi connectivity index (χ4n) is 2.53. The van der Waals surface area contributed by atoms with Gasteiger partial charge < -0.3 is 9.47 Å². The summed E-state index contributed by atoms with van der Waals surface area (Å²) in [4.78, 5) is -0.104. The quantitative estimate of drug-likeness (QED) is 0.577. The van der Waals surface area contributed by atoms with Crippen LogP contribution in [0.5, 0.6) is 11.6 Å². The van der Waals surface area contributed by atoms with E-state index in [0.29, 0.717) is 29.8 Å². The molecule has 158 valence electrons. The Morgan fingerprint density at radius 1 is 1.03 bits per heavy atom. The molecule has 0 fully saturated rings. The third-order valence-electron chi connectivity index (χ3n) is 4.07. The molecule has 0 aliphatic heterocycles. The van der Waals surface area contributed by atoms with Gasteiger partial charge in [0.15, 0.2) is 11.6 Å². The summed E-state index contributed by atoms with van der Waals surface area (Å²) in [5, 5.41) is 8.19. The highest BCUT2D eigenvalue weighted by molar-refractivity contribution is 7.92. The summed E-state index contributed by atoms with van der Waals surface area (Å²) in [6, 6.07) is 13.5. The fourth-order valence-corrected chi connectivity index (χ4v) is 3.61. The molecule has 30 heavy (non-hydrogen) atoms. The van der Waals surface area contributed by atoms with Crippen LogP contribution in [0.15, 0.2) is 59.5 Å². The van der Waals surface area contributed by atoms with Gasteiger partial charge >= 0.3 is 0 Å². The SMILES string of the molecule is COc1cc(S(=O)(=O)Nc2ccc(-c3ccc(OCC(C)C)nn3)cc2)ccc1F. The summed E-state index contributed by atoms with van der Waals surface area (Å²) < 4.78 is 51.5. The first-order valence-electron chi connectivity index (χ1n) is 9.22. The van der Waals surface area contributed by atoms with Crippen molar-refractivity contribution in [1.29, 1.82) is 0 Å². The number of halogens is 1. The van der Waals surface area contributed by atoms with Gasteiger partial charge in [-0.1, -0.05) is 26.0 Å². The van der Waals surface area contributed by atoms with Crippen LogP contribution in [0.2, 0.25) is 0 Å². The normalized spacial score (nSPS) is 11.4. The second-order valence-electron chi connectivity index (χ2n) is 6.94. The van der Waals surface area contributed by atoms with Crippen molar-refractivity contribution in [2.75, 3.05) is 18.4 Å². The van der Waals surface area contributed by atoms with Gasteiger partial charge in [-0.05, 0) is 36.2 Å². The highest BCUT2D eigenvalue weighted by Crippen LogP contribution is 2.25. The maximum absolute atomic E-state index is 13.5. The molecular formula is C21H22FN3O4S. The van der Waals surface area contributed by atoms with Crippen LogP contribution in [0, 0.1) is 11.7 Å². The van der Waals surface area contributed by atoms with Crippen LogP contribution in [0.1, 0.15) is 13.8 Å². The third kappa shape index (κ3) is 5.24. The van der Waals surface area contributed by atoms with E-state index < -0.39 is 15.8 Å². The molecule has 0 amide bonds. The number of methoxy groups -OCH3 is 1. The number of sulfonamides is 1. The molecule has 0 saturated carbocycles. The Hall–Kier alpha value is -3.20. The molecule has 0 unspecified atom stereocenters. The van der Waals surface area contributed by atoms with E-state index in [1.165, 1.54) is 13.2 Å². The zero-order valence-corrected chi connectivity index (χ0v) is 17.6. The standard InChI is InChI=1S/C21H22FN3O4S/c1-14(2)13-29-21-11-10-19(23-24-21)15-4-6-16(7-5-15)25-30(26,27)17-8-9-18(22)20(12-17)28-3/h4-12,14,25H,13H2,1-3H3. The van der Waals surface area contributed by atoms with E-state index in [2.05, 4.69) is 14.9 Å².